The summed E-state index contributed by atoms with van der Waals surface area (Å²) in [5, 5.41) is 10.7. The summed E-state index contributed by atoms with van der Waals surface area (Å²) in [4.78, 5) is 8.51. The number of nitrogens with zero attached hydrogens (tertiary/aromatic N) is 3. The van der Waals surface area contributed by atoms with Crippen molar-refractivity contribution in [3.05, 3.63) is 30.1 Å². The van der Waals surface area contributed by atoms with E-state index in [1.54, 1.807) is 19.4 Å². The molecular weight excluding hydrogens is 238 g/mol. The van der Waals surface area contributed by atoms with Crippen LogP contribution in [0.2, 0.25) is 0 Å². The highest BCUT2D eigenvalue weighted by molar-refractivity contribution is 7.99. The van der Waals surface area contributed by atoms with Crippen molar-refractivity contribution in [3.63, 3.8) is 0 Å². The number of methoxy groups -OCH3 is 1. The molecule has 0 aliphatic rings. The van der Waals surface area contributed by atoms with E-state index in [1.807, 2.05) is 23.7 Å². The Morgan fingerprint density at radius 2 is 2.29 bits per heavy atom. The maximum atomic E-state index is 9.07. The smallest absolute Gasteiger partial charge is 0.213 e. The maximum absolute atomic E-state index is 9.07. The summed E-state index contributed by atoms with van der Waals surface area (Å²) in [6.45, 7) is -0.0183. The second-order valence-corrected chi connectivity index (χ2v) is 4.36. The molecule has 2 aromatic heterocycles. The molecule has 0 bridgehead atoms. The van der Waals surface area contributed by atoms with E-state index in [9.17, 15) is 0 Å². The molecule has 17 heavy (non-hydrogen) atoms. The first-order valence-corrected chi connectivity index (χ1v) is 5.86. The number of ether oxygens (including phenoxy) is 1. The van der Waals surface area contributed by atoms with E-state index >= 15 is 0 Å². The van der Waals surface area contributed by atoms with E-state index in [-0.39, 0.29) is 6.61 Å². The van der Waals surface area contributed by atoms with Crippen LogP contribution in [0.4, 0.5) is 0 Å². The van der Waals surface area contributed by atoms with Crippen molar-refractivity contribution in [3.8, 4) is 5.88 Å². The highest BCUT2D eigenvalue weighted by atomic mass is 32.2. The van der Waals surface area contributed by atoms with Gasteiger partial charge in [-0.25, -0.2) is 9.97 Å². The molecule has 0 aromatic carbocycles. The van der Waals surface area contributed by atoms with Crippen molar-refractivity contribution in [1.29, 1.82) is 0 Å². The maximum Gasteiger partial charge on any atom is 0.213 e. The van der Waals surface area contributed by atoms with Crippen LogP contribution >= 0.6 is 11.8 Å². The molecular formula is C11H13N3O2S. The van der Waals surface area contributed by atoms with Crippen LogP contribution in [-0.2, 0) is 13.7 Å². The van der Waals surface area contributed by atoms with Gasteiger partial charge in [0.25, 0.3) is 0 Å². The lowest BCUT2D eigenvalue weighted by Crippen LogP contribution is -1.97. The predicted molar refractivity (Wildman–Crippen MR) is 64.0 cm³/mol. The minimum Gasteiger partial charge on any atom is -0.481 e. The Balaban J connectivity index is 2.22. The van der Waals surface area contributed by atoms with Crippen LogP contribution < -0.4 is 4.74 Å². The first-order chi connectivity index (χ1) is 8.24. The minimum absolute atomic E-state index is 0.0183. The molecule has 0 amide bonds. The molecule has 6 heteroatoms. The van der Waals surface area contributed by atoms with Gasteiger partial charge in [0, 0.05) is 13.1 Å². The molecule has 0 unspecified atom stereocenters. The average molecular weight is 251 g/mol. The molecule has 2 aromatic rings. The number of aliphatic hydroxyl groups is 1. The zero-order chi connectivity index (χ0) is 12.3. The van der Waals surface area contributed by atoms with Crippen molar-refractivity contribution >= 4 is 11.8 Å². The highest BCUT2D eigenvalue weighted by Gasteiger charge is 2.08. The predicted octanol–water partition coefficient (Wildman–Crippen LogP) is 1.47. The normalized spacial score (nSPS) is 10.5. The Bertz CT molecular complexity index is 513. The van der Waals surface area contributed by atoms with Gasteiger partial charge in [-0.3, -0.25) is 0 Å². The number of rotatable bonds is 4. The summed E-state index contributed by atoms with van der Waals surface area (Å²) < 4.78 is 6.90. The Hall–Kier alpha value is -1.53. The van der Waals surface area contributed by atoms with Gasteiger partial charge >= 0.3 is 0 Å². The highest BCUT2D eigenvalue weighted by Crippen LogP contribution is 2.26. The molecule has 2 heterocycles. The molecule has 0 atom stereocenters. The second-order valence-electron chi connectivity index (χ2n) is 3.37. The molecule has 1 N–H and O–H groups in total. The third-order valence-corrected chi connectivity index (χ3v) is 3.31. The van der Waals surface area contributed by atoms with Crippen LogP contribution in [-0.4, -0.2) is 26.8 Å². The number of aliphatic hydroxyl groups excluding tert-OH is 1. The Morgan fingerprint density at radius 1 is 1.47 bits per heavy atom. The van der Waals surface area contributed by atoms with Crippen LogP contribution in [0, 0.1) is 0 Å². The largest absolute Gasteiger partial charge is 0.481 e. The first-order valence-electron chi connectivity index (χ1n) is 5.05. The van der Waals surface area contributed by atoms with E-state index in [0.717, 1.165) is 15.9 Å². The lowest BCUT2D eigenvalue weighted by atomic mass is 10.5. The van der Waals surface area contributed by atoms with Crippen LogP contribution in [0.25, 0.3) is 0 Å². The van der Waals surface area contributed by atoms with E-state index < -0.39 is 0 Å². The Kier molecular flexibility index (Phi) is 3.65. The van der Waals surface area contributed by atoms with Crippen LogP contribution in [0.1, 0.15) is 5.69 Å². The fourth-order valence-electron chi connectivity index (χ4n) is 1.33. The van der Waals surface area contributed by atoms with Gasteiger partial charge in [-0.2, -0.15) is 0 Å². The summed E-state index contributed by atoms with van der Waals surface area (Å²) in [6, 6.07) is 5.56. The molecule has 0 saturated carbocycles. The third-order valence-electron chi connectivity index (χ3n) is 2.31. The van der Waals surface area contributed by atoms with Crippen molar-refractivity contribution in [2.24, 2.45) is 7.05 Å². The SMILES string of the molecule is COc1cccc(Sc2ncc(CO)n2C)n1. The van der Waals surface area contributed by atoms with Gasteiger partial charge < -0.3 is 14.4 Å². The monoisotopic (exact) mass is 251 g/mol. The second kappa shape index (κ2) is 5.20. The summed E-state index contributed by atoms with van der Waals surface area (Å²) in [7, 11) is 3.45. The van der Waals surface area contributed by atoms with Crippen LogP contribution in [0.3, 0.4) is 0 Å². The fourth-order valence-corrected chi connectivity index (χ4v) is 2.16. The lowest BCUT2D eigenvalue weighted by Gasteiger charge is -2.04. The molecule has 0 aliphatic carbocycles. The van der Waals surface area contributed by atoms with Crippen LogP contribution in [0.15, 0.2) is 34.6 Å². The molecule has 0 fully saturated rings. The molecule has 0 radical (unpaired) electrons. The molecule has 90 valence electrons. The fraction of sp³-hybridized carbons (Fsp3) is 0.273. The quantitative estimate of drug-likeness (QED) is 0.891. The number of hydrogen-bond donors (Lipinski definition) is 1. The lowest BCUT2D eigenvalue weighted by molar-refractivity contribution is 0.271. The van der Waals surface area contributed by atoms with E-state index in [0.29, 0.717) is 5.88 Å². The minimum atomic E-state index is -0.0183. The first kappa shape index (κ1) is 11.9. The zero-order valence-electron chi connectivity index (χ0n) is 9.62. The Morgan fingerprint density at radius 3 is 2.94 bits per heavy atom. The number of hydrogen-bond acceptors (Lipinski definition) is 5. The Labute approximate surface area is 103 Å². The van der Waals surface area contributed by atoms with Crippen LogP contribution in [0.5, 0.6) is 5.88 Å². The van der Waals surface area contributed by atoms with Gasteiger partial charge in [0.1, 0.15) is 5.03 Å². The molecule has 0 spiro atoms. The van der Waals surface area contributed by atoms with Crippen molar-refractivity contribution < 1.29 is 9.84 Å². The number of pyridine rings is 1. The summed E-state index contributed by atoms with van der Waals surface area (Å²) in [5.74, 6) is 0.576. The van der Waals surface area contributed by atoms with E-state index in [2.05, 4.69) is 9.97 Å². The van der Waals surface area contributed by atoms with E-state index in [1.165, 1.54) is 11.8 Å². The van der Waals surface area contributed by atoms with Crippen molar-refractivity contribution in [1.82, 2.24) is 14.5 Å². The summed E-state index contributed by atoms with van der Waals surface area (Å²) in [6.07, 6.45) is 1.66. The summed E-state index contributed by atoms with van der Waals surface area (Å²) >= 11 is 1.43. The van der Waals surface area contributed by atoms with Crippen molar-refractivity contribution in [2.75, 3.05) is 7.11 Å². The molecule has 5 nitrogen and oxygen atoms in total. The molecule has 0 saturated heterocycles. The standard InChI is InChI=1S/C11H13N3O2S/c1-14-8(7-15)6-12-11(14)17-10-5-3-4-9(13-10)16-2/h3-6,15H,7H2,1-2H3. The summed E-state index contributed by atoms with van der Waals surface area (Å²) in [5.41, 5.74) is 0.774. The van der Waals surface area contributed by atoms with Gasteiger partial charge in [-0.1, -0.05) is 6.07 Å². The van der Waals surface area contributed by atoms with Gasteiger partial charge in [-0.05, 0) is 17.8 Å². The van der Waals surface area contributed by atoms with Gasteiger partial charge in [0.15, 0.2) is 5.16 Å². The topological polar surface area (TPSA) is 60.2 Å². The third kappa shape index (κ3) is 2.59. The zero-order valence-corrected chi connectivity index (χ0v) is 10.4. The van der Waals surface area contributed by atoms with Gasteiger partial charge in [-0.15, -0.1) is 0 Å². The number of aromatic nitrogens is 3. The van der Waals surface area contributed by atoms with Gasteiger partial charge in [0.05, 0.1) is 25.6 Å². The average Bonchev–Trinajstić information content (AvgIpc) is 2.71. The van der Waals surface area contributed by atoms with Gasteiger partial charge in [0.2, 0.25) is 5.88 Å². The molecule has 2 rings (SSSR count). The van der Waals surface area contributed by atoms with E-state index in [4.69, 9.17) is 9.84 Å². The number of imidazole rings is 1. The van der Waals surface area contributed by atoms with Crippen molar-refractivity contribution in [2.45, 2.75) is 16.8 Å². The molecule has 0 aliphatic heterocycles.